The molecule has 16 heavy (non-hydrogen) atoms. The number of anilines is 1. The molecule has 0 bridgehead atoms. The highest BCUT2D eigenvalue weighted by Gasteiger charge is 2.17. The molecule has 1 saturated heterocycles. The molecule has 3 N–H and O–H groups in total. The van der Waals surface area contributed by atoms with Crippen LogP contribution in [0.15, 0.2) is 18.5 Å². The Kier molecular flexibility index (Phi) is 3.36. The van der Waals surface area contributed by atoms with Gasteiger partial charge in [-0.25, -0.2) is 0 Å². The zero-order valence-corrected chi connectivity index (χ0v) is 9.15. The number of hydrogen-bond donors (Lipinski definition) is 2. The second-order valence-corrected chi connectivity index (χ2v) is 3.90. The third-order valence-electron chi connectivity index (χ3n) is 2.63. The van der Waals surface area contributed by atoms with Crippen molar-refractivity contribution in [2.75, 3.05) is 31.9 Å². The normalized spacial score (nSPS) is 16.9. The van der Waals surface area contributed by atoms with Crippen LogP contribution in [0.3, 0.4) is 0 Å². The van der Waals surface area contributed by atoms with Crippen molar-refractivity contribution in [1.82, 2.24) is 15.2 Å². The summed E-state index contributed by atoms with van der Waals surface area (Å²) in [4.78, 5) is 17.9. The molecule has 2 heterocycles. The number of amides is 1. The van der Waals surface area contributed by atoms with Gasteiger partial charge in [-0.15, -0.1) is 0 Å². The summed E-state index contributed by atoms with van der Waals surface area (Å²) in [6, 6.07) is 1.67. The summed E-state index contributed by atoms with van der Waals surface area (Å²) in [7, 11) is 0. The van der Waals surface area contributed by atoms with Crippen LogP contribution in [0, 0.1) is 0 Å². The number of aromatic nitrogens is 1. The number of nitrogens with one attached hydrogen (secondary N) is 1. The Hall–Kier alpha value is -1.62. The van der Waals surface area contributed by atoms with Gasteiger partial charge in [0.15, 0.2) is 0 Å². The second-order valence-electron chi connectivity index (χ2n) is 3.90. The van der Waals surface area contributed by atoms with Crippen molar-refractivity contribution >= 4 is 11.6 Å². The van der Waals surface area contributed by atoms with Crippen molar-refractivity contribution in [3.05, 3.63) is 24.0 Å². The van der Waals surface area contributed by atoms with Gasteiger partial charge in [-0.05, 0) is 19.0 Å². The standard InChI is InChI=1S/C11H16N4O/c12-10-6-9(7-14-8-10)11(16)15-4-1-2-13-3-5-15/h6-8,13H,1-5,12H2. The van der Waals surface area contributed by atoms with Gasteiger partial charge < -0.3 is 16.0 Å². The maximum Gasteiger partial charge on any atom is 0.255 e. The minimum atomic E-state index is 0.0171. The van der Waals surface area contributed by atoms with E-state index in [4.69, 9.17) is 5.73 Å². The highest BCUT2D eigenvalue weighted by molar-refractivity contribution is 5.94. The Labute approximate surface area is 94.6 Å². The predicted octanol–water partition coefficient (Wildman–Crippen LogP) is 0.0993. The number of carbonyl (C=O) groups excluding carboxylic acids is 1. The first-order valence-corrected chi connectivity index (χ1v) is 5.48. The minimum Gasteiger partial charge on any atom is -0.397 e. The van der Waals surface area contributed by atoms with Crippen LogP contribution in [0.4, 0.5) is 5.69 Å². The van der Waals surface area contributed by atoms with E-state index in [1.54, 1.807) is 18.5 Å². The average molecular weight is 220 g/mol. The first-order valence-electron chi connectivity index (χ1n) is 5.48. The Bertz CT molecular complexity index is 372. The Morgan fingerprint density at radius 2 is 2.25 bits per heavy atom. The van der Waals surface area contributed by atoms with Crippen molar-refractivity contribution in [3.63, 3.8) is 0 Å². The summed E-state index contributed by atoms with van der Waals surface area (Å²) < 4.78 is 0. The summed E-state index contributed by atoms with van der Waals surface area (Å²) in [5, 5.41) is 3.26. The van der Waals surface area contributed by atoms with E-state index >= 15 is 0 Å². The van der Waals surface area contributed by atoms with Crippen LogP contribution in [0.5, 0.6) is 0 Å². The van der Waals surface area contributed by atoms with Gasteiger partial charge in [-0.2, -0.15) is 0 Å². The Morgan fingerprint density at radius 3 is 3.06 bits per heavy atom. The van der Waals surface area contributed by atoms with Crippen LogP contribution >= 0.6 is 0 Å². The molecule has 1 aliphatic rings. The van der Waals surface area contributed by atoms with E-state index in [1.165, 1.54) is 0 Å². The molecule has 1 amide bonds. The van der Waals surface area contributed by atoms with Gasteiger partial charge in [0, 0.05) is 32.0 Å². The molecule has 0 spiro atoms. The van der Waals surface area contributed by atoms with Gasteiger partial charge in [0.1, 0.15) is 0 Å². The number of nitrogen functional groups attached to an aromatic ring is 1. The van der Waals surface area contributed by atoms with Crippen molar-refractivity contribution in [1.29, 1.82) is 0 Å². The van der Waals surface area contributed by atoms with Crippen LogP contribution in [-0.4, -0.2) is 42.0 Å². The summed E-state index contributed by atoms with van der Waals surface area (Å²) in [5.74, 6) is 0.0171. The van der Waals surface area contributed by atoms with E-state index in [2.05, 4.69) is 10.3 Å². The lowest BCUT2D eigenvalue weighted by atomic mass is 10.2. The fraction of sp³-hybridized carbons (Fsp3) is 0.455. The summed E-state index contributed by atoms with van der Waals surface area (Å²) in [6.45, 7) is 3.36. The number of nitrogens with zero attached hydrogens (tertiary/aromatic N) is 2. The van der Waals surface area contributed by atoms with Gasteiger partial charge in [-0.1, -0.05) is 0 Å². The molecule has 1 fully saturated rings. The number of pyridine rings is 1. The van der Waals surface area contributed by atoms with Crippen molar-refractivity contribution < 1.29 is 4.79 Å². The molecular weight excluding hydrogens is 204 g/mol. The van der Waals surface area contributed by atoms with Crippen molar-refractivity contribution in [2.45, 2.75) is 6.42 Å². The van der Waals surface area contributed by atoms with Crippen LogP contribution in [0.2, 0.25) is 0 Å². The molecule has 1 aliphatic heterocycles. The number of hydrogen-bond acceptors (Lipinski definition) is 4. The molecule has 1 aromatic heterocycles. The predicted molar refractivity (Wildman–Crippen MR) is 62.0 cm³/mol. The topological polar surface area (TPSA) is 71.2 Å². The second kappa shape index (κ2) is 4.94. The molecule has 0 saturated carbocycles. The first kappa shape index (κ1) is 10.9. The molecule has 0 radical (unpaired) electrons. The number of rotatable bonds is 1. The largest absolute Gasteiger partial charge is 0.397 e. The van der Waals surface area contributed by atoms with Crippen LogP contribution in [-0.2, 0) is 0 Å². The minimum absolute atomic E-state index is 0.0171. The highest BCUT2D eigenvalue weighted by Crippen LogP contribution is 2.08. The molecule has 0 unspecified atom stereocenters. The fourth-order valence-corrected chi connectivity index (χ4v) is 1.81. The van der Waals surface area contributed by atoms with E-state index in [1.807, 2.05) is 4.90 Å². The zero-order chi connectivity index (χ0) is 11.4. The zero-order valence-electron chi connectivity index (χ0n) is 9.15. The molecule has 1 aromatic rings. The Morgan fingerprint density at radius 1 is 1.38 bits per heavy atom. The maximum absolute atomic E-state index is 12.1. The van der Waals surface area contributed by atoms with Crippen molar-refractivity contribution in [3.8, 4) is 0 Å². The quantitative estimate of drug-likeness (QED) is 0.704. The summed E-state index contributed by atoms with van der Waals surface area (Å²) in [5.41, 5.74) is 6.71. The molecular formula is C11H16N4O. The van der Waals surface area contributed by atoms with E-state index in [-0.39, 0.29) is 5.91 Å². The lowest BCUT2D eigenvalue weighted by Crippen LogP contribution is -2.34. The van der Waals surface area contributed by atoms with Gasteiger partial charge in [0.2, 0.25) is 0 Å². The van der Waals surface area contributed by atoms with Crippen LogP contribution < -0.4 is 11.1 Å². The van der Waals surface area contributed by atoms with Crippen LogP contribution in [0.1, 0.15) is 16.8 Å². The van der Waals surface area contributed by atoms with Crippen molar-refractivity contribution in [2.24, 2.45) is 0 Å². The van der Waals surface area contributed by atoms with E-state index in [9.17, 15) is 4.79 Å². The van der Waals surface area contributed by atoms with E-state index in [0.29, 0.717) is 11.3 Å². The van der Waals surface area contributed by atoms with Gasteiger partial charge in [0.05, 0.1) is 11.3 Å². The third-order valence-corrected chi connectivity index (χ3v) is 2.63. The molecule has 5 heteroatoms. The molecule has 5 nitrogen and oxygen atoms in total. The molecule has 0 atom stereocenters. The summed E-state index contributed by atoms with van der Waals surface area (Å²) >= 11 is 0. The Balaban J connectivity index is 2.11. The molecule has 0 aromatic carbocycles. The van der Waals surface area contributed by atoms with Crippen LogP contribution in [0.25, 0.3) is 0 Å². The van der Waals surface area contributed by atoms with Gasteiger partial charge in [0.25, 0.3) is 5.91 Å². The lowest BCUT2D eigenvalue weighted by molar-refractivity contribution is 0.0766. The average Bonchev–Trinajstić information content (AvgIpc) is 2.56. The third kappa shape index (κ3) is 2.49. The molecule has 0 aliphatic carbocycles. The maximum atomic E-state index is 12.1. The first-order chi connectivity index (χ1) is 7.77. The van der Waals surface area contributed by atoms with Gasteiger partial charge >= 0.3 is 0 Å². The molecule has 86 valence electrons. The SMILES string of the molecule is Nc1cncc(C(=O)N2CCCNCC2)c1. The monoisotopic (exact) mass is 220 g/mol. The fourth-order valence-electron chi connectivity index (χ4n) is 1.81. The highest BCUT2D eigenvalue weighted by atomic mass is 16.2. The number of nitrogens with two attached hydrogens (primary N) is 1. The van der Waals surface area contributed by atoms with Gasteiger partial charge in [-0.3, -0.25) is 9.78 Å². The van der Waals surface area contributed by atoms with E-state index < -0.39 is 0 Å². The summed E-state index contributed by atoms with van der Waals surface area (Å²) in [6.07, 6.45) is 4.10. The smallest absolute Gasteiger partial charge is 0.255 e. The number of carbonyl (C=O) groups is 1. The lowest BCUT2D eigenvalue weighted by Gasteiger charge is -2.19. The molecule has 2 rings (SSSR count). The van der Waals surface area contributed by atoms with E-state index in [0.717, 1.165) is 32.6 Å².